The molecule has 46 valence electrons. The van der Waals surface area contributed by atoms with E-state index in [1.54, 1.807) is 0 Å². The molecule has 0 heteroatoms. The van der Waals surface area contributed by atoms with Crippen LogP contribution < -0.4 is 0 Å². The molecule has 1 atom stereocenters. The molecule has 0 saturated carbocycles. The summed E-state index contributed by atoms with van der Waals surface area (Å²) in [5.41, 5.74) is 0. The van der Waals surface area contributed by atoms with Gasteiger partial charge >= 0.3 is 0 Å². The largest absolute Gasteiger partial charge is 0.106 e. The lowest BCUT2D eigenvalue weighted by Gasteiger charge is -2.05. The molecule has 0 fully saturated rings. The third-order valence-electron chi connectivity index (χ3n) is 1.37. The van der Waals surface area contributed by atoms with Crippen LogP contribution in [0.3, 0.4) is 0 Å². The fraction of sp³-hybridized carbons (Fsp3) is 0.750. The molecular formula is C8H14. The van der Waals surface area contributed by atoms with E-state index in [-0.39, 0.29) is 0 Å². The van der Waals surface area contributed by atoms with E-state index in [9.17, 15) is 0 Å². The Kier molecular flexibility index (Phi) is 3.35. The first-order valence-electron chi connectivity index (χ1n) is 3.10. The van der Waals surface area contributed by atoms with Crippen LogP contribution in [0.4, 0.5) is 0 Å². The zero-order chi connectivity index (χ0) is 6.57. The lowest BCUT2D eigenvalue weighted by molar-refractivity contribution is 0.520. The van der Waals surface area contributed by atoms with Crippen LogP contribution in [0.2, 0.25) is 0 Å². The minimum Gasteiger partial charge on any atom is -0.106 e. The molecule has 0 aromatic carbocycles. The van der Waals surface area contributed by atoms with Gasteiger partial charge in [-0.25, -0.2) is 0 Å². The van der Waals surface area contributed by atoms with Crippen molar-refractivity contribution in [3.8, 4) is 11.8 Å². The first-order chi connectivity index (χ1) is 3.68. The van der Waals surface area contributed by atoms with Gasteiger partial charge in [0.15, 0.2) is 0 Å². The molecule has 0 amide bonds. The number of hydrogen-bond acceptors (Lipinski definition) is 0. The predicted molar refractivity (Wildman–Crippen MR) is 37.5 cm³/mol. The highest BCUT2D eigenvalue weighted by Crippen LogP contribution is 2.06. The van der Waals surface area contributed by atoms with Gasteiger partial charge in [-0.15, -0.1) is 11.8 Å². The summed E-state index contributed by atoms with van der Waals surface area (Å²) in [6.07, 6.45) is 0. The van der Waals surface area contributed by atoms with Crippen molar-refractivity contribution >= 4 is 0 Å². The summed E-state index contributed by atoms with van der Waals surface area (Å²) >= 11 is 0. The van der Waals surface area contributed by atoms with Gasteiger partial charge in [0.1, 0.15) is 0 Å². The summed E-state index contributed by atoms with van der Waals surface area (Å²) in [6, 6.07) is 0. The third kappa shape index (κ3) is 2.69. The Labute approximate surface area is 52.3 Å². The molecule has 0 heterocycles. The van der Waals surface area contributed by atoms with Crippen LogP contribution in [0, 0.1) is 23.7 Å². The second kappa shape index (κ2) is 3.55. The molecule has 0 spiro atoms. The van der Waals surface area contributed by atoms with E-state index >= 15 is 0 Å². The molecule has 0 aliphatic carbocycles. The van der Waals surface area contributed by atoms with Gasteiger partial charge < -0.3 is 0 Å². The molecule has 0 bridgehead atoms. The van der Waals surface area contributed by atoms with Crippen molar-refractivity contribution in [2.75, 3.05) is 0 Å². The summed E-state index contributed by atoms with van der Waals surface area (Å²) in [5, 5.41) is 0. The van der Waals surface area contributed by atoms with Crippen molar-refractivity contribution in [1.82, 2.24) is 0 Å². The lowest BCUT2D eigenvalue weighted by atomic mass is 9.99. The molecule has 0 aromatic rings. The summed E-state index contributed by atoms with van der Waals surface area (Å²) in [6.45, 7) is 8.42. The summed E-state index contributed by atoms with van der Waals surface area (Å²) in [5.74, 6) is 7.25. The molecular weight excluding hydrogens is 96.1 g/mol. The maximum Gasteiger partial charge on any atom is 0.0197 e. The molecule has 8 heavy (non-hydrogen) atoms. The molecule has 0 nitrogen and oxygen atoms in total. The Hall–Kier alpha value is -0.440. The quantitative estimate of drug-likeness (QED) is 0.454. The highest BCUT2D eigenvalue weighted by Gasteiger charge is 1.99. The normalized spacial score (nSPS) is 12.6. The van der Waals surface area contributed by atoms with Crippen molar-refractivity contribution in [3.63, 3.8) is 0 Å². The van der Waals surface area contributed by atoms with Crippen molar-refractivity contribution in [3.05, 3.63) is 0 Å². The third-order valence-corrected chi connectivity index (χ3v) is 1.37. The van der Waals surface area contributed by atoms with Crippen LogP contribution in [-0.4, -0.2) is 0 Å². The zero-order valence-corrected chi connectivity index (χ0v) is 6.15. The molecule has 0 rings (SSSR count). The van der Waals surface area contributed by atoms with E-state index in [0.29, 0.717) is 11.8 Å². The number of rotatable bonds is 1. The van der Waals surface area contributed by atoms with Crippen LogP contribution >= 0.6 is 0 Å². The zero-order valence-electron chi connectivity index (χ0n) is 6.15. The minimum absolute atomic E-state index is 0.556. The van der Waals surface area contributed by atoms with E-state index in [1.165, 1.54) is 0 Å². The Balaban J connectivity index is 3.58. The van der Waals surface area contributed by atoms with Crippen LogP contribution in [0.1, 0.15) is 27.7 Å². The average Bonchev–Trinajstić information content (AvgIpc) is 1.67. The predicted octanol–water partition coefficient (Wildman–Crippen LogP) is 2.30. The monoisotopic (exact) mass is 110 g/mol. The van der Waals surface area contributed by atoms with Gasteiger partial charge in [0.25, 0.3) is 0 Å². The maximum absolute atomic E-state index is 3.09. The molecule has 0 N–H and O–H groups in total. The SMILES string of the molecule is CC#C[C@H](C)C(C)C. The Morgan fingerprint density at radius 2 is 1.62 bits per heavy atom. The Morgan fingerprint density at radius 1 is 1.12 bits per heavy atom. The van der Waals surface area contributed by atoms with Gasteiger partial charge in [-0.3, -0.25) is 0 Å². The van der Waals surface area contributed by atoms with Crippen molar-refractivity contribution in [2.24, 2.45) is 11.8 Å². The van der Waals surface area contributed by atoms with Gasteiger partial charge in [-0.05, 0) is 12.8 Å². The van der Waals surface area contributed by atoms with Crippen LogP contribution in [0.15, 0.2) is 0 Å². The fourth-order valence-corrected chi connectivity index (χ4v) is 0.394. The fourth-order valence-electron chi connectivity index (χ4n) is 0.394. The molecule has 0 radical (unpaired) electrons. The average molecular weight is 110 g/mol. The van der Waals surface area contributed by atoms with E-state index in [0.717, 1.165) is 0 Å². The van der Waals surface area contributed by atoms with E-state index in [4.69, 9.17) is 0 Å². The molecule has 0 aliphatic rings. The highest BCUT2D eigenvalue weighted by atomic mass is 14.0. The van der Waals surface area contributed by atoms with Crippen LogP contribution in [0.25, 0.3) is 0 Å². The van der Waals surface area contributed by atoms with Crippen molar-refractivity contribution in [1.29, 1.82) is 0 Å². The molecule has 0 aromatic heterocycles. The number of hydrogen-bond donors (Lipinski definition) is 0. The Bertz CT molecular complexity index is 101. The summed E-state index contributed by atoms with van der Waals surface area (Å²) < 4.78 is 0. The maximum atomic E-state index is 3.09. The topological polar surface area (TPSA) is 0 Å². The van der Waals surface area contributed by atoms with Crippen LogP contribution in [-0.2, 0) is 0 Å². The summed E-state index contributed by atoms with van der Waals surface area (Å²) in [4.78, 5) is 0. The minimum atomic E-state index is 0.556. The van der Waals surface area contributed by atoms with E-state index in [1.807, 2.05) is 6.92 Å². The van der Waals surface area contributed by atoms with Gasteiger partial charge in [-0.1, -0.05) is 20.8 Å². The second-order valence-electron chi connectivity index (χ2n) is 2.43. The lowest BCUT2D eigenvalue weighted by Crippen LogP contribution is -1.99. The van der Waals surface area contributed by atoms with Crippen LogP contribution in [0.5, 0.6) is 0 Å². The van der Waals surface area contributed by atoms with Gasteiger partial charge in [0.2, 0.25) is 0 Å². The van der Waals surface area contributed by atoms with E-state index < -0.39 is 0 Å². The van der Waals surface area contributed by atoms with Crippen molar-refractivity contribution in [2.45, 2.75) is 27.7 Å². The Morgan fingerprint density at radius 3 is 1.75 bits per heavy atom. The summed E-state index contributed by atoms with van der Waals surface area (Å²) in [7, 11) is 0. The van der Waals surface area contributed by atoms with Gasteiger partial charge in [0.05, 0.1) is 0 Å². The standard InChI is InChI=1S/C8H14/c1-5-6-8(4)7(2)3/h7-8H,1-4H3/t8-/m0/s1. The molecule has 0 aliphatic heterocycles. The van der Waals surface area contributed by atoms with Gasteiger partial charge in [0, 0.05) is 5.92 Å². The highest BCUT2D eigenvalue weighted by molar-refractivity contribution is 5.00. The smallest absolute Gasteiger partial charge is 0.0197 e. The first-order valence-corrected chi connectivity index (χ1v) is 3.10. The van der Waals surface area contributed by atoms with Gasteiger partial charge in [-0.2, -0.15) is 0 Å². The second-order valence-corrected chi connectivity index (χ2v) is 2.43. The molecule has 0 saturated heterocycles. The molecule has 0 unspecified atom stereocenters. The van der Waals surface area contributed by atoms with Crippen molar-refractivity contribution < 1.29 is 0 Å². The van der Waals surface area contributed by atoms with E-state index in [2.05, 4.69) is 32.6 Å². The first kappa shape index (κ1) is 7.56.